The van der Waals surface area contributed by atoms with E-state index in [1.165, 1.54) is 12.1 Å². The Morgan fingerprint density at radius 2 is 2.12 bits per heavy atom. The summed E-state index contributed by atoms with van der Waals surface area (Å²) >= 11 is 5.45. The molecular weight excluding hydrogens is 239 g/mol. The molecule has 0 aliphatic rings. The van der Waals surface area contributed by atoms with Crippen LogP contribution in [-0.2, 0) is 0 Å². The van der Waals surface area contributed by atoms with Gasteiger partial charge < -0.3 is 4.74 Å². The van der Waals surface area contributed by atoms with Crippen molar-refractivity contribution in [2.24, 2.45) is 5.92 Å². The Morgan fingerprint density at radius 1 is 1.35 bits per heavy atom. The van der Waals surface area contributed by atoms with Crippen LogP contribution in [0.5, 0.6) is 5.75 Å². The van der Waals surface area contributed by atoms with E-state index in [4.69, 9.17) is 16.3 Å². The Kier molecular flexibility index (Phi) is 5.86. The van der Waals surface area contributed by atoms with E-state index >= 15 is 0 Å². The fourth-order valence-electron chi connectivity index (χ4n) is 1.27. The average Bonchev–Trinajstić information content (AvgIpc) is 2.25. The first-order valence-electron chi connectivity index (χ1n) is 5.60. The van der Waals surface area contributed by atoms with Crippen LogP contribution in [0.2, 0.25) is 0 Å². The van der Waals surface area contributed by atoms with Gasteiger partial charge in [-0.25, -0.2) is 4.39 Å². The lowest BCUT2D eigenvalue weighted by atomic mass is 10.1. The van der Waals surface area contributed by atoms with E-state index in [9.17, 15) is 4.39 Å². The molecule has 0 heterocycles. The predicted molar refractivity (Wildman–Crippen MR) is 68.9 cm³/mol. The van der Waals surface area contributed by atoms with Crippen molar-refractivity contribution in [3.63, 3.8) is 0 Å². The van der Waals surface area contributed by atoms with E-state index in [1.807, 2.05) is 0 Å². The summed E-state index contributed by atoms with van der Waals surface area (Å²) < 4.78 is 18.7. The molecule has 0 spiro atoms. The maximum atomic E-state index is 13.3. The molecular formula is C14H16ClFO. The minimum Gasteiger partial charge on any atom is -0.493 e. The zero-order chi connectivity index (χ0) is 12.7. The first kappa shape index (κ1) is 13.9. The highest BCUT2D eigenvalue weighted by molar-refractivity contribution is 6.19. The zero-order valence-electron chi connectivity index (χ0n) is 10.1. The molecule has 0 radical (unpaired) electrons. The second-order valence-electron chi connectivity index (χ2n) is 4.14. The summed E-state index contributed by atoms with van der Waals surface area (Å²) in [6.45, 7) is 4.82. The topological polar surface area (TPSA) is 9.23 Å². The molecule has 0 aliphatic heterocycles. The van der Waals surface area contributed by atoms with Crippen molar-refractivity contribution < 1.29 is 9.13 Å². The van der Waals surface area contributed by atoms with Crippen LogP contribution in [0.25, 0.3) is 0 Å². The van der Waals surface area contributed by atoms with Crippen LogP contribution in [0.1, 0.15) is 25.8 Å². The van der Waals surface area contributed by atoms with Gasteiger partial charge in [0.15, 0.2) is 0 Å². The number of alkyl halides is 1. The molecule has 0 aliphatic carbocycles. The summed E-state index contributed by atoms with van der Waals surface area (Å²) in [6.07, 6.45) is 0.944. The molecule has 0 unspecified atom stereocenters. The molecule has 3 heteroatoms. The van der Waals surface area contributed by atoms with E-state index in [-0.39, 0.29) is 11.7 Å². The Balaban J connectivity index is 2.68. The van der Waals surface area contributed by atoms with Gasteiger partial charge in [0.2, 0.25) is 0 Å². The lowest BCUT2D eigenvalue weighted by Crippen LogP contribution is -2.01. The number of ether oxygens (including phenoxy) is 1. The highest BCUT2D eigenvalue weighted by atomic mass is 35.5. The second kappa shape index (κ2) is 7.19. The summed E-state index contributed by atoms with van der Waals surface area (Å²) in [6, 6.07) is 4.46. The lowest BCUT2D eigenvalue weighted by molar-refractivity contribution is 0.288. The fourth-order valence-corrected chi connectivity index (χ4v) is 1.33. The van der Waals surface area contributed by atoms with Gasteiger partial charge in [0.1, 0.15) is 11.6 Å². The minimum absolute atomic E-state index is 0.236. The molecule has 92 valence electrons. The summed E-state index contributed by atoms with van der Waals surface area (Å²) in [5.74, 6) is 6.44. The van der Waals surface area contributed by atoms with Crippen LogP contribution >= 0.6 is 11.6 Å². The van der Waals surface area contributed by atoms with Gasteiger partial charge in [0.25, 0.3) is 0 Å². The number of hydrogen-bond acceptors (Lipinski definition) is 1. The summed E-state index contributed by atoms with van der Waals surface area (Å²) in [7, 11) is 0. The molecule has 0 saturated heterocycles. The van der Waals surface area contributed by atoms with Crippen molar-refractivity contribution >= 4 is 11.6 Å². The standard InChI is InChI=1S/C14H16ClFO/c1-11(2)5-7-17-14-9-12(4-3-6-15)8-13(16)10-14/h8-11H,5-7H2,1-2H3. The van der Waals surface area contributed by atoms with Gasteiger partial charge in [-0.1, -0.05) is 25.7 Å². The molecule has 0 amide bonds. The van der Waals surface area contributed by atoms with Crippen molar-refractivity contribution in [2.45, 2.75) is 20.3 Å². The molecule has 0 atom stereocenters. The summed E-state index contributed by atoms with van der Waals surface area (Å²) in [5.41, 5.74) is 0.588. The lowest BCUT2D eigenvalue weighted by Gasteiger charge is -2.08. The second-order valence-corrected chi connectivity index (χ2v) is 4.41. The molecule has 1 aromatic rings. The smallest absolute Gasteiger partial charge is 0.128 e. The van der Waals surface area contributed by atoms with E-state index in [1.54, 1.807) is 6.07 Å². The number of hydrogen-bond donors (Lipinski definition) is 0. The Hall–Kier alpha value is -1.20. The van der Waals surface area contributed by atoms with Crippen LogP contribution in [0.15, 0.2) is 18.2 Å². The summed E-state index contributed by atoms with van der Waals surface area (Å²) in [5, 5.41) is 0. The normalized spacial score (nSPS) is 9.94. The Bertz CT molecular complexity index is 418. The summed E-state index contributed by atoms with van der Waals surface area (Å²) in [4.78, 5) is 0. The maximum Gasteiger partial charge on any atom is 0.128 e. The molecule has 17 heavy (non-hydrogen) atoms. The largest absolute Gasteiger partial charge is 0.493 e. The van der Waals surface area contributed by atoms with Crippen molar-refractivity contribution in [3.05, 3.63) is 29.6 Å². The number of benzene rings is 1. The van der Waals surface area contributed by atoms with Crippen molar-refractivity contribution in [1.82, 2.24) is 0 Å². The minimum atomic E-state index is -0.342. The van der Waals surface area contributed by atoms with Gasteiger partial charge >= 0.3 is 0 Å². The molecule has 1 nitrogen and oxygen atoms in total. The molecule has 0 fully saturated rings. The fraction of sp³-hybridized carbons (Fsp3) is 0.429. The van der Waals surface area contributed by atoms with E-state index in [0.717, 1.165) is 6.42 Å². The van der Waals surface area contributed by atoms with Gasteiger partial charge in [-0.05, 0) is 24.5 Å². The predicted octanol–water partition coefficient (Wildman–Crippen LogP) is 3.84. The first-order chi connectivity index (χ1) is 8.11. The molecule has 0 N–H and O–H groups in total. The van der Waals surface area contributed by atoms with Crippen molar-refractivity contribution in [1.29, 1.82) is 0 Å². The van der Waals surface area contributed by atoms with Crippen LogP contribution in [0, 0.1) is 23.6 Å². The highest BCUT2D eigenvalue weighted by Gasteiger charge is 2.01. The third-order valence-electron chi connectivity index (χ3n) is 2.13. The molecule has 0 saturated carbocycles. The highest BCUT2D eigenvalue weighted by Crippen LogP contribution is 2.16. The third kappa shape index (κ3) is 5.60. The van der Waals surface area contributed by atoms with Crippen molar-refractivity contribution in [2.75, 3.05) is 12.5 Å². The maximum absolute atomic E-state index is 13.3. The number of halogens is 2. The number of rotatable bonds is 4. The van der Waals surface area contributed by atoms with Gasteiger partial charge in [0.05, 0.1) is 12.5 Å². The molecule has 0 bridgehead atoms. The zero-order valence-corrected chi connectivity index (χ0v) is 10.9. The first-order valence-corrected chi connectivity index (χ1v) is 6.13. The molecule has 1 rings (SSSR count). The molecule has 1 aromatic carbocycles. The average molecular weight is 255 g/mol. The van der Waals surface area contributed by atoms with Gasteiger partial charge in [0, 0.05) is 11.6 Å². The third-order valence-corrected chi connectivity index (χ3v) is 2.27. The van der Waals surface area contributed by atoms with E-state index < -0.39 is 0 Å². The van der Waals surface area contributed by atoms with Crippen LogP contribution in [0.3, 0.4) is 0 Å². The van der Waals surface area contributed by atoms with E-state index in [0.29, 0.717) is 23.8 Å². The van der Waals surface area contributed by atoms with Gasteiger partial charge in [-0.2, -0.15) is 0 Å². The quantitative estimate of drug-likeness (QED) is 0.586. The Morgan fingerprint density at radius 3 is 2.76 bits per heavy atom. The monoisotopic (exact) mass is 254 g/mol. The SMILES string of the molecule is CC(C)CCOc1cc(F)cc(C#CCCl)c1. The Labute approximate surface area is 107 Å². The van der Waals surface area contributed by atoms with E-state index in [2.05, 4.69) is 25.7 Å². The van der Waals surface area contributed by atoms with Gasteiger partial charge in [-0.15, -0.1) is 11.6 Å². The van der Waals surface area contributed by atoms with Gasteiger partial charge in [-0.3, -0.25) is 0 Å². The van der Waals surface area contributed by atoms with Crippen LogP contribution < -0.4 is 4.74 Å². The van der Waals surface area contributed by atoms with Crippen LogP contribution in [0.4, 0.5) is 4.39 Å². The van der Waals surface area contributed by atoms with Crippen molar-refractivity contribution in [3.8, 4) is 17.6 Å². The van der Waals surface area contributed by atoms with Crippen LogP contribution in [-0.4, -0.2) is 12.5 Å². The molecule has 0 aromatic heterocycles.